The average molecular weight is 272 g/mol. The van der Waals surface area contributed by atoms with E-state index in [1.54, 1.807) is 0 Å². The van der Waals surface area contributed by atoms with E-state index in [1.807, 2.05) is 0 Å². The van der Waals surface area contributed by atoms with E-state index in [4.69, 9.17) is 5.73 Å². The molecule has 19 heavy (non-hydrogen) atoms. The van der Waals surface area contributed by atoms with Gasteiger partial charge in [0, 0.05) is 13.0 Å². The molecular formula is C13H30N5O+3. The number of quaternary nitrogens is 2. The zero-order chi connectivity index (χ0) is 14.4. The van der Waals surface area contributed by atoms with Crippen LogP contribution in [0.2, 0.25) is 0 Å². The minimum Gasteiger partial charge on any atom is -0.351 e. The Balaban J connectivity index is 2.24. The topological polar surface area (TPSA) is 69.1 Å². The van der Waals surface area contributed by atoms with E-state index in [1.165, 1.54) is 6.34 Å². The molecule has 6 heteroatoms. The molecule has 1 aliphatic rings. The van der Waals surface area contributed by atoms with E-state index in [9.17, 15) is 4.79 Å². The van der Waals surface area contributed by atoms with Crippen molar-refractivity contribution in [2.75, 3.05) is 67.0 Å². The van der Waals surface area contributed by atoms with Crippen molar-refractivity contribution in [3.63, 3.8) is 0 Å². The van der Waals surface area contributed by atoms with Gasteiger partial charge in [0.15, 0.2) is 6.54 Å². The van der Waals surface area contributed by atoms with Crippen LogP contribution in [0.4, 0.5) is 0 Å². The quantitative estimate of drug-likeness (QED) is 0.210. The lowest BCUT2D eigenvalue weighted by atomic mass is 10.2. The summed E-state index contributed by atoms with van der Waals surface area (Å²) in [4.78, 5) is 14.8. The fourth-order valence-electron chi connectivity index (χ4n) is 2.31. The number of carbonyl (C=O) groups excluding carboxylic acids is 1. The maximum atomic E-state index is 11.9. The molecule has 0 radical (unpaired) electrons. The Morgan fingerprint density at radius 1 is 1.26 bits per heavy atom. The normalized spacial score (nSPS) is 21.4. The van der Waals surface area contributed by atoms with Gasteiger partial charge < -0.3 is 14.3 Å². The summed E-state index contributed by atoms with van der Waals surface area (Å²) in [5, 5.41) is 2.98. The van der Waals surface area contributed by atoms with Crippen LogP contribution < -0.4 is 16.0 Å². The van der Waals surface area contributed by atoms with Crippen LogP contribution in [-0.2, 0) is 4.79 Å². The predicted molar refractivity (Wildman–Crippen MR) is 76.3 cm³/mol. The van der Waals surface area contributed by atoms with Gasteiger partial charge in [0.1, 0.15) is 26.2 Å². The van der Waals surface area contributed by atoms with Crippen LogP contribution in [-0.4, -0.2) is 88.2 Å². The second-order valence-corrected chi connectivity index (χ2v) is 6.43. The Hall–Kier alpha value is -1.14. The summed E-state index contributed by atoms with van der Waals surface area (Å²) in [5.74, 6) is 0.159. The molecule has 1 heterocycles. The SMILES string of the molecule is C[N+]1(C)CC[N+](C)(CC(=O)NCCC[NH+]=CN)CC1. The lowest BCUT2D eigenvalue weighted by Crippen LogP contribution is -2.71. The molecule has 0 spiro atoms. The highest BCUT2D eigenvalue weighted by Gasteiger charge is 2.35. The number of nitrogens with zero attached hydrogens (tertiary/aromatic N) is 2. The van der Waals surface area contributed by atoms with Crippen molar-refractivity contribution in [1.29, 1.82) is 0 Å². The van der Waals surface area contributed by atoms with Crippen molar-refractivity contribution in [2.45, 2.75) is 6.42 Å². The maximum absolute atomic E-state index is 11.9. The zero-order valence-electron chi connectivity index (χ0n) is 12.6. The summed E-state index contributed by atoms with van der Waals surface area (Å²) in [7, 11) is 6.69. The van der Waals surface area contributed by atoms with Gasteiger partial charge in [-0.15, -0.1) is 0 Å². The molecule has 0 saturated carbocycles. The standard InChI is InChI=1S/C13H28N5O/c1-17(2)7-9-18(3,10-8-17)11-13(19)16-6-4-5-15-12-14/h12H,4-11H2,1-3H3,(H2-,14,15,16,19)/q+1/p+2. The summed E-state index contributed by atoms with van der Waals surface area (Å²) < 4.78 is 1.93. The summed E-state index contributed by atoms with van der Waals surface area (Å²) in [5.41, 5.74) is 5.21. The molecule has 4 N–H and O–H groups in total. The van der Waals surface area contributed by atoms with Crippen molar-refractivity contribution >= 4 is 12.2 Å². The van der Waals surface area contributed by atoms with E-state index in [2.05, 4.69) is 31.5 Å². The highest BCUT2D eigenvalue weighted by molar-refractivity contribution is 5.77. The predicted octanol–water partition coefficient (Wildman–Crippen LogP) is -2.90. The van der Waals surface area contributed by atoms with E-state index < -0.39 is 0 Å². The molecule has 0 aliphatic carbocycles. The largest absolute Gasteiger partial charge is 0.351 e. The Kier molecular flexibility index (Phi) is 5.75. The molecule has 1 amide bonds. The maximum Gasteiger partial charge on any atom is 0.275 e. The first-order chi connectivity index (χ1) is 8.87. The molecule has 0 aromatic heterocycles. The van der Waals surface area contributed by atoms with Crippen LogP contribution in [0.1, 0.15) is 6.42 Å². The van der Waals surface area contributed by atoms with E-state index in [-0.39, 0.29) is 5.91 Å². The third-order valence-electron chi connectivity index (χ3n) is 3.95. The summed E-state index contributed by atoms with van der Waals surface area (Å²) in [6.45, 7) is 6.53. The number of carbonyl (C=O) groups is 1. The first kappa shape index (κ1) is 15.9. The van der Waals surface area contributed by atoms with E-state index in [0.717, 1.165) is 48.1 Å². The molecule has 1 aliphatic heterocycles. The molecule has 1 rings (SSSR count). The number of nitrogens with two attached hydrogens (primary N) is 1. The minimum atomic E-state index is 0.159. The van der Waals surface area contributed by atoms with Crippen LogP contribution in [0.15, 0.2) is 0 Å². The monoisotopic (exact) mass is 272 g/mol. The lowest BCUT2D eigenvalue weighted by Gasteiger charge is -2.44. The number of rotatable bonds is 6. The molecule has 0 aromatic rings. The van der Waals surface area contributed by atoms with E-state index in [0.29, 0.717) is 13.1 Å². The third kappa shape index (κ3) is 6.02. The Bertz CT molecular complexity index is 317. The van der Waals surface area contributed by atoms with Crippen molar-refractivity contribution in [3.8, 4) is 0 Å². The lowest BCUT2D eigenvalue weighted by molar-refractivity contribution is -1.00. The summed E-state index contributed by atoms with van der Waals surface area (Å²) in [6.07, 6.45) is 2.33. The van der Waals surface area contributed by atoms with Crippen molar-refractivity contribution < 1.29 is 18.8 Å². The molecule has 0 unspecified atom stereocenters. The highest BCUT2D eigenvalue weighted by Crippen LogP contribution is 2.12. The molecule has 6 nitrogen and oxygen atoms in total. The second-order valence-electron chi connectivity index (χ2n) is 6.43. The number of piperazine rings is 1. The smallest absolute Gasteiger partial charge is 0.275 e. The van der Waals surface area contributed by atoms with Gasteiger partial charge in [-0.05, 0) is 0 Å². The van der Waals surface area contributed by atoms with Crippen molar-refractivity contribution in [1.82, 2.24) is 5.32 Å². The first-order valence-electron chi connectivity index (χ1n) is 7.06. The molecule has 0 atom stereocenters. The number of hydrogen-bond donors (Lipinski definition) is 3. The van der Waals surface area contributed by atoms with Crippen LogP contribution in [0.25, 0.3) is 0 Å². The summed E-state index contributed by atoms with van der Waals surface area (Å²) >= 11 is 0. The number of nitrogens with one attached hydrogen (secondary N) is 2. The van der Waals surface area contributed by atoms with E-state index >= 15 is 0 Å². The average Bonchev–Trinajstić information content (AvgIpc) is 2.33. The van der Waals surface area contributed by atoms with Crippen LogP contribution >= 0.6 is 0 Å². The molecule has 1 fully saturated rings. The molecule has 0 bridgehead atoms. The van der Waals surface area contributed by atoms with Gasteiger partial charge in [-0.1, -0.05) is 0 Å². The Labute approximate surface area is 116 Å². The van der Waals surface area contributed by atoms with Crippen molar-refractivity contribution in [3.05, 3.63) is 0 Å². The fraction of sp³-hybridized carbons (Fsp3) is 0.846. The van der Waals surface area contributed by atoms with Gasteiger partial charge in [-0.25, -0.2) is 0 Å². The number of likely N-dealkylation sites (N-methyl/N-ethyl adjacent to an activating group) is 2. The molecule has 0 aromatic carbocycles. The van der Waals surface area contributed by atoms with Crippen LogP contribution in [0.5, 0.6) is 0 Å². The Morgan fingerprint density at radius 3 is 2.47 bits per heavy atom. The van der Waals surface area contributed by atoms with Crippen LogP contribution in [0, 0.1) is 0 Å². The van der Waals surface area contributed by atoms with Gasteiger partial charge in [0.05, 0.1) is 27.7 Å². The Morgan fingerprint density at radius 2 is 1.89 bits per heavy atom. The number of amides is 1. The van der Waals surface area contributed by atoms with Gasteiger partial charge in [-0.3, -0.25) is 15.5 Å². The second kappa shape index (κ2) is 6.86. The molecule has 110 valence electrons. The van der Waals surface area contributed by atoms with Gasteiger partial charge in [-0.2, -0.15) is 0 Å². The van der Waals surface area contributed by atoms with Crippen molar-refractivity contribution in [2.24, 2.45) is 5.73 Å². The highest BCUT2D eigenvalue weighted by atomic mass is 16.2. The molecular weight excluding hydrogens is 242 g/mol. The van der Waals surface area contributed by atoms with Crippen LogP contribution in [0.3, 0.4) is 0 Å². The summed E-state index contributed by atoms with van der Waals surface area (Å²) in [6, 6.07) is 0. The van der Waals surface area contributed by atoms with Gasteiger partial charge in [0.2, 0.25) is 6.34 Å². The third-order valence-corrected chi connectivity index (χ3v) is 3.95. The number of hydrogen-bond acceptors (Lipinski definition) is 1. The molecule has 1 saturated heterocycles. The zero-order valence-corrected chi connectivity index (χ0v) is 12.6. The first-order valence-corrected chi connectivity index (χ1v) is 7.06. The fourth-order valence-corrected chi connectivity index (χ4v) is 2.31. The van der Waals surface area contributed by atoms with Gasteiger partial charge in [0.25, 0.3) is 5.91 Å². The van der Waals surface area contributed by atoms with Gasteiger partial charge >= 0.3 is 0 Å². The minimum absolute atomic E-state index is 0.159.